The fourth-order valence-electron chi connectivity index (χ4n) is 2.90. The molecule has 7 nitrogen and oxygen atoms in total. The summed E-state index contributed by atoms with van der Waals surface area (Å²) in [5.74, 6) is 0.593. The van der Waals surface area contributed by atoms with Crippen LogP contribution in [-0.4, -0.2) is 15.5 Å². The zero-order chi connectivity index (χ0) is 20.1. The van der Waals surface area contributed by atoms with Crippen LogP contribution in [0, 0.1) is 0 Å². The third kappa shape index (κ3) is 4.79. The molecule has 0 radical (unpaired) electrons. The molecule has 1 N–H and O–H groups in total. The van der Waals surface area contributed by atoms with E-state index in [2.05, 4.69) is 10.3 Å². The average molecular weight is 409 g/mol. The average Bonchev–Trinajstić information content (AvgIpc) is 3.40. The molecule has 0 unspecified atom stereocenters. The van der Waals surface area contributed by atoms with Gasteiger partial charge in [0.05, 0.1) is 24.6 Å². The van der Waals surface area contributed by atoms with Gasteiger partial charge in [-0.3, -0.25) is 14.2 Å². The van der Waals surface area contributed by atoms with Gasteiger partial charge >= 0.3 is 0 Å². The lowest BCUT2D eigenvalue weighted by Gasteiger charge is -2.09. The SMILES string of the molecule is O=C(CCn1cnc2sccc2c1=O)Nc1cccc(COCc2ccco2)c1. The van der Waals surface area contributed by atoms with E-state index in [0.29, 0.717) is 29.1 Å². The minimum Gasteiger partial charge on any atom is -0.467 e. The Morgan fingerprint density at radius 2 is 2.14 bits per heavy atom. The first-order valence-electron chi connectivity index (χ1n) is 9.10. The van der Waals surface area contributed by atoms with Gasteiger partial charge in [-0.15, -0.1) is 11.3 Å². The molecule has 0 aliphatic rings. The van der Waals surface area contributed by atoms with E-state index in [1.165, 1.54) is 22.2 Å². The number of nitrogens with zero attached hydrogens (tertiary/aromatic N) is 2. The lowest BCUT2D eigenvalue weighted by Crippen LogP contribution is -2.23. The van der Waals surface area contributed by atoms with Gasteiger partial charge in [0.1, 0.15) is 17.2 Å². The zero-order valence-electron chi connectivity index (χ0n) is 15.5. The Morgan fingerprint density at radius 3 is 3.00 bits per heavy atom. The molecule has 29 heavy (non-hydrogen) atoms. The van der Waals surface area contributed by atoms with Crippen molar-refractivity contribution in [2.24, 2.45) is 0 Å². The molecule has 0 aliphatic heterocycles. The minimum atomic E-state index is -0.170. The number of carbonyl (C=O) groups is 1. The summed E-state index contributed by atoms with van der Waals surface area (Å²) in [6.07, 6.45) is 3.28. The first-order valence-corrected chi connectivity index (χ1v) is 9.98. The van der Waals surface area contributed by atoms with Crippen molar-refractivity contribution in [2.75, 3.05) is 5.32 Å². The second-order valence-corrected chi connectivity index (χ2v) is 7.35. The van der Waals surface area contributed by atoms with Crippen LogP contribution in [0.2, 0.25) is 0 Å². The van der Waals surface area contributed by atoms with Gasteiger partial charge in [-0.05, 0) is 41.3 Å². The Balaban J connectivity index is 1.30. The summed E-state index contributed by atoms with van der Waals surface area (Å²) >= 11 is 1.42. The topological polar surface area (TPSA) is 86.4 Å². The highest BCUT2D eigenvalue weighted by molar-refractivity contribution is 7.16. The number of ether oxygens (including phenoxy) is 1. The minimum absolute atomic E-state index is 0.125. The second kappa shape index (κ2) is 8.85. The van der Waals surface area contributed by atoms with Crippen molar-refractivity contribution >= 4 is 33.1 Å². The first kappa shape index (κ1) is 19.1. The highest BCUT2D eigenvalue weighted by Gasteiger charge is 2.08. The van der Waals surface area contributed by atoms with Gasteiger partial charge < -0.3 is 14.5 Å². The maximum Gasteiger partial charge on any atom is 0.262 e. The number of rotatable bonds is 8. The van der Waals surface area contributed by atoms with Gasteiger partial charge in [0.25, 0.3) is 5.56 Å². The van der Waals surface area contributed by atoms with E-state index in [0.717, 1.165) is 11.3 Å². The summed E-state index contributed by atoms with van der Waals surface area (Å²) in [5, 5.41) is 5.28. The monoisotopic (exact) mass is 409 g/mol. The molecule has 148 valence electrons. The lowest BCUT2D eigenvalue weighted by atomic mass is 10.2. The Labute approximate surface area is 170 Å². The van der Waals surface area contributed by atoms with Gasteiger partial charge in [-0.1, -0.05) is 12.1 Å². The predicted molar refractivity (Wildman–Crippen MR) is 111 cm³/mol. The van der Waals surface area contributed by atoms with Crippen LogP contribution in [0.4, 0.5) is 5.69 Å². The normalized spacial score (nSPS) is 11.0. The number of aromatic nitrogens is 2. The number of hydrogen-bond donors (Lipinski definition) is 1. The summed E-state index contributed by atoms with van der Waals surface area (Å²) in [5.41, 5.74) is 1.50. The van der Waals surface area contributed by atoms with Crippen molar-refractivity contribution < 1.29 is 13.9 Å². The number of hydrogen-bond acceptors (Lipinski definition) is 6. The van der Waals surface area contributed by atoms with Crippen LogP contribution in [0.5, 0.6) is 0 Å². The molecule has 0 saturated heterocycles. The van der Waals surface area contributed by atoms with Gasteiger partial charge in [0.2, 0.25) is 5.91 Å². The second-order valence-electron chi connectivity index (χ2n) is 6.45. The van der Waals surface area contributed by atoms with E-state index in [-0.39, 0.29) is 24.4 Å². The van der Waals surface area contributed by atoms with Crippen molar-refractivity contribution in [3.63, 3.8) is 0 Å². The van der Waals surface area contributed by atoms with Crippen LogP contribution in [0.1, 0.15) is 17.7 Å². The van der Waals surface area contributed by atoms with E-state index in [9.17, 15) is 9.59 Å². The number of amides is 1. The molecule has 3 aromatic heterocycles. The molecule has 3 heterocycles. The van der Waals surface area contributed by atoms with Crippen molar-refractivity contribution in [1.29, 1.82) is 0 Å². The van der Waals surface area contributed by atoms with Gasteiger partial charge in [0, 0.05) is 18.7 Å². The molecule has 4 rings (SSSR count). The Morgan fingerprint density at radius 1 is 1.21 bits per heavy atom. The number of fused-ring (bicyclic) bond motifs is 1. The molecular weight excluding hydrogens is 390 g/mol. The maximum absolute atomic E-state index is 12.4. The molecule has 0 fully saturated rings. The van der Waals surface area contributed by atoms with Crippen LogP contribution >= 0.6 is 11.3 Å². The van der Waals surface area contributed by atoms with E-state index >= 15 is 0 Å². The van der Waals surface area contributed by atoms with E-state index in [1.807, 2.05) is 41.8 Å². The molecule has 0 spiro atoms. The number of thiophene rings is 1. The van der Waals surface area contributed by atoms with Crippen LogP contribution in [-0.2, 0) is 29.3 Å². The summed E-state index contributed by atoms with van der Waals surface area (Å²) in [6.45, 7) is 1.07. The Bertz CT molecular complexity index is 1160. The highest BCUT2D eigenvalue weighted by atomic mass is 32.1. The molecule has 0 aliphatic carbocycles. The molecule has 1 aromatic carbocycles. The fourth-order valence-corrected chi connectivity index (χ4v) is 3.62. The summed E-state index contributed by atoms with van der Waals surface area (Å²) in [6, 6.07) is 12.9. The standard InChI is InChI=1S/C21H19N3O4S/c25-19(6-8-24-14-22-20-18(21(24)26)7-10-29-20)23-16-4-1-3-15(11-16)12-27-13-17-5-2-9-28-17/h1-5,7,9-11,14H,6,8,12-13H2,(H,23,25). The zero-order valence-corrected chi connectivity index (χ0v) is 16.4. The molecule has 1 amide bonds. The van der Waals surface area contributed by atoms with E-state index < -0.39 is 0 Å². The van der Waals surface area contributed by atoms with Crippen LogP contribution in [0.3, 0.4) is 0 Å². The third-order valence-corrected chi connectivity index (χ3v) is 5.15. The van der Waals surface area contributed by atoms with Crippen molar-refractivity contribution in [1.82, 2.24) is 9.55 Å². The van der Waals surface area contributed by atoms with Crippen LogP contribution in [0.15, 0.2) is 69.6 Å². The lowest BCUT2D eigenvalue weighted by molar-refractivity contribution is -0.116. The molecular formula is C21H19N3O4S. The van der Waals surface area contributed by atoms with Crippen molar-refractivity contribution in [2.45, 2.75) is 26.2 Å². The highest BCUT2D eigenvalue weighted by Crippen LogP contribution is 2.15. The Hall–Kier alpha value is -3.23. The molecule has 0 atom stereocenters. The summed E-state index contributed by atoms with van der Waals surface area (Å²) in [4.78, 5) is 29.6. The smallest absolute Gasteiger partial charge is 0.262 e. The fraction of sp³-hybridized carbons (Fsp3) is 0.190. The third-order valence-electron chi connectivity index (χ3n) is 4.33. The first-order chi connectivity index (χ1) is 14.2. The van der Waals surface area contributed by atoms with Gasteiger partial charge in [-0.2, -0.15) is 0 Å². The molecule has 8 heteroatoms. The van der Waals surface area contributed by atoms with Crippen LogP contribution < -0.4 is 10.9 Å². The molecule has 0 saturated carbocycles. The predicted octanol–water partition coefficient (Wildman–Crippen LogP) is 3.80. The van der Waals surface area contributed by atoms with Crippen LogP contribution in [0.25, 0.3) is 10.2 Å². The Kier molecular flexibility index (Phi) is 5.83. The van der Waals surface area contributed by atoms with E-state index in [1.54, 1.807) is 12.3 Å². The van der Waals surface area contributed by atoms with Gasteiger partial charge in [0.15, 0.2) is 0 Å². The number of carbonyl (C=O) groups excluding carboxylic acids is 1. The largest absolute Gasteiger partial charge is 0.467 e. The number of furan rings is 1. The van der Waals surface area contributed by atoms with E-state index in [4.69, 9.17) is 9.15 Å². The maximum atomic E-state index is 12.4. The summed E-state index contributed by atoms with van der Waals surface area (Å²) in [7, 11) is 0. The van der Waals surface area contributed by atoms with Crippen molar-refractivity contribution in [3.8, 4) is 0 Å². The quantitative estimate of drug-likeness (QED) is 0.478. The number of anilines is 1. The number of nitrogens with one attached hydrogen (secondary N) is 1. The van der Waals surface area contributed by atoms with Gasteiger partial charge in [-0.25, -0.2) is 4.98 Å². The van der Waals surface area contributed by atoms with Crippen molar-refractivity contribution in [3.05, 3.63) is 82.1 Å². The summed E-state index contributed by atoms with van der Waals surface area (Å²) < 4.78 is 12.3. The number of aryl methyl sites for hydroxylation is 1. The molecule has 0 bridgehead atoms. The molecule has 4 aromatic rings. The number of benzene rings is 1.